The van der Waals surface area contributed by atoms with E-state index in [1.165, 1.54) is 38.5 Å². The van der Waals surface area contributed by atoms with Gasteiger partial charge in [-0.15, -0.1) is 0 Å². The zero-order chi connectivity index (χ0) is 9.54. The molecule has 0 nitrogen and oxygen atoms in total. The highest BCUT2D eigenvalue weighted by molar-refractivity contribution is 5.46. The Kier molecular flexibility index (Phi) is 1.90. The van der Waals surface area contributed by atoms with E-state index in [-0.39, 0.29) is 0 Å². The summed E-state index contributed by atoms with van der Waals surface area (Å²) in [6, 6.07) is 4.79. The van der Waals surface area contributed by atoms with Crippen LogP contribution in [-0.2, 0) is 19.3 Å². The van der Waals surface area contributed by atoms with Crippen molar-refractivity contribution in [2.24, 2.45) is 0 Å². The SMILES string of the molecule is CC1CCc2ccc3c(c21)CCCC3. The molecule has 74 valence electrons. The van der Waals surface area contributed by atoms with Gasteiger partial charge in [0, 0.05) is 0 Å². The molecule has 0 saturated carbocycles. The molecule has 1 aromatic carbocycles. The van der Waals surface area contributed by atoms with Crippen molar-refractivity contribution in [2.75, 3.05) is 0 Å². The first-order chi connectivity index (χ1) is 6.86. The minimum atomic E-state index is 0.832. The summed E-state index contributed by atoms with van der Waals surface area (Å²) in [7, 11) is 0. The lowest BCUT2D eigenvalue weighted by Gasteiger charge is -2.21. The third-order valence-electron chi connectivity index (χ3n) is 4.01. The lowest BCUT2D eigenvalue weighted by molar-refractivity contribution is 0.666. The fraction of sp³-hybridized carbons (Fsp3) is 0.571. The fourth-order valence-corrected chi connectivity index (χ4v) is 3.25. The molecule has 3 rings (SSSR count). The van der Waals surface area contributed by atoms with Crippen molar-refractivity contribution in [3.63, 3.8) is 0 Å². The van der Waals surface area contributed by atoms with Crippen LogP contribution in [0.2, 0.25) is 0 Å². The highest BCUT2D eigenvalue weighted by atomic mass is 14.3. The molecule has 1 unspecified atom stereocenters. The van der Waals surface area contributed by atoms with Gasteiger partial charge in [0.05, 0.1) is 0 Å². The van der Waals surface area contributed by atoms with Crippen molar-refractivity contribution in [1.82, 2.24) is 0 Å². The number of benzene rings is 1. The minimum absolute atomic E-state index is 0.832. The van der Waals surface area contributed by atoms with E-state index in [2.05, 4.69) is 19.1 Å². The fourth-order valence-electron chi connectivity index (χ4n) is 3.25. The van der Waals surface area contributed by atoms with Crippen LogP contribution in [0.3, 0.4) is 0 Å². The predicted octanol–water partition coefficient (Wildman–Crippen LogP) is 3.62. The normalized spacial score (nSPS) is 24.5. The van der Waals surface area contributed by atoms with Crippen molar-refractivity contribution in [3.8, 4) is 0 Å². The van der Waals surface area contributed by atoms with Crippen LogP contribution in [0.25, 0.3) is 0 Å². The van der Waals surface area contributed by atoms with E-state index < -0.39 is 0 Å². The average molecular weight is 186 g/mol. The Hall–Kier alpha value is -0.780. The second-order valence-corrected chi connectivity index (χ2v) is 4.92. The van der Waals surface area contributed by atoms with Crippen molar-refractivity contribution < 1.29 is 0 Å². The molecule has 1 atom stereocenters. The van der Waals surface area contributed by atoms with Crippen LogP contribution in [0.1, 0.15) is 54.4 Å². The zero-order valence-corrected chi connectivity index (χ0v) is 8.97. The van der Waals surface area contributed by atoms with E-state index >= 15 is 0 Å². The van der Waals surface area contributed by atoms with Crippen LogP contribution in [0.15, 0.2) is 12.1 Å². The molecular weight excluding hydrogens is 168 g/mol. The molecule has 0 heterocycles. The van der Waals surface area contributed by atoms with Crippen molar-refractivity contribution in [1.29, 1.82) is 0 Å². The van der Waals surface area contributed by atoms with Gasteiger partial charge >= 0.3 is 0 Å². The summed E-state index contributed by atoms with van der Waals surface area (Å²) in [6.07, 6.45) is 8.20. The number of hydrogen-bond acceptors (Lipinski definition) is 0. The molecule has 0 saturated heterocycles. The third kappa shape index (κ3) is 1.13. The molecule has 0 bridgehead atoms. The molecule has 0 spiro atoms. The molecule has 2 aliphatic carbocycles. The number of hydrogen-bond donors (Lipinski definition) is 0. The van der Waals surface area contributed by atoms with Crippen molar-refractivity contribution in [2.45, 2.75) is 51.4 Å². The van der Waals surface area contributed by atoms with Gasteiger partial charge in [0.25, 0.3) is 0 Å². The molecule has 0 radical (unpaired) electrons. The van der Waals surface area contributed by atoms with Gasteiger partial charge in [0.1, 0.15) is 0 Å². The Morgan fingerprint density at radius 2 is 1.79 bits per heavy atom. The van der Waals surface area contributed by atoms with Gasteiger partial charge in [-0.2, -0.15) is 0 Å². The van der Waals surface area contributed by atoms with Gasteiger partial charge in [-0.1, -0.05) is 19.1 Å². The lowest BCUT2D eigenvalue weighted by Crippen LogP contribution is -2.07. The summed E-state index contributed by atoms with van der Waals surface area (Å²) in [5.41, 5.74) is 6.78. The zero-order valence-electron chi connectivity index (χ0n) is 8.97. The Morgan fingerprint density at radius 1 is 1.00 bits per heavy atom. The second kappa shape index (κ2) is 3.12. The number of fused-ring (bicyclic) bond motifs is 3. The van der Waals surface area contributed by atoms with Crippen LogP contribution in [0.4, 0.5) is 0 Å². The maximum absolute atomic E-state index is 2.40. The van der Waals surface area contributed by atoms with Crippen molar-refractivity contribution >= 4 is 0 Å². The van der Waals surface area contributed by atoms with Crippen LogP contribution in [0.5, 0.6) is 0 Å². The molecule has 2 aliphatic rings. The minimum Gasteiger partial charge on any atom is -0.0585 e. The van der Waals surface area contributed by atoms with Crippen LogP contribution >= 0.6 is 0 Å². The summed E-state index contributed by atoms with van der Waals surface area (Å²) in [4.78, 5) is 0. The van der Waals surface area contributed by atoms with E-state index in [1.807, 2.05) is 0 Å². The smallest absolute Gasteiger partial charge is 0.0182 e. The quantitative estimate of drug-likeness (QED) is 0.580. The molecule has 14 heavy (non-hydrogen) atoms. The maximum Gasteiger partial charge on any atom is -0.0182 e. The highest BCUT2D eigenvalue weighted by Crippen LogP contribution is 2.39. The van der Waals surface area contributed by atoms with Crippen LogP contribution in [0, 0.1) is 0 Å². The summed E-state index contributed by atoms with van der Waals surface area (Å²) >= 11 is 0. The molecule has 0 aromatic heterocycles. The van der Waals surface area contributed by atoms with Gasteiger partial charge in [0.15, 0.2) is 0 Å². The lowest BCUT2D eigenvalue weighted by atomic mass is 9.84. The van der Waals surface area contributed by atoms with E-state index in [4.69, 9.17) is 0 Å². The van der Waals surface area contributed by atoms with Crippen molar-refractivity contribution in [3.05, 3.63) is 34.4 Å². The van der Waals surface area contributed by atoms with Gasteiger partial charge in [-0.3, -0.25) is 0 Å². The topological polar surface area (TPSA) is 0 Å². The first kappa shape index (κ1) is 8.52. The van der Waals surface area contributed by atoms with E-state index in [0.29, 0.717) is 0 Å². The molecule has 0 heteroatoms. The average Bonchev–Trinajstić information content (AvgIpc) is 2.61. The Labute approximate surface area is 86.3 Å². The maximum atomic E-state index is 2.40. The monoisotopic (exact) mass is 186 g/mol. The Morgan fingerprint density at radius 3 is 2.71 bits per heavy atom. The van der Waals surface area contributed by atoms with E-state index in [0.717, 1.165) is 5.92 Å². The van der Waals surface area contributed by atoms with Crippen LogP contribution < -0.4 is 0 Å². The molecule has 0 aliphatic heterocycles. The second-order valence-electron chi connectivity index (χ2n) is 4.92. The molecule has 1 aromatic rings. The Balaban J connectivity index is 2.18. The van der Waals surface area contributed by atoms with Gasteiger partial charge in [-0.05, 0) is 66.7 Å². The molecule has 0 amide bonds. The predicted molar refractivity (Wildman–Crippen MR) is 59.8 cm³/mol. The first-order valence-corrected chi connectivity index (χ1v) is 6.00. The van der Waals surface area contributed by atoms with Crippen LogP contribution in [-0.4, -0.2) is 0 Å². The first-order valence-electron chi connectivity index (χ1n) is 6.00. The number of aryl methyl sites for hydroxylation is 2. The van der Waals surface area contributed by atoms with Gasteiger partial charge in [0.2, 0.25) is 0 Å². The molecule has 0 fully saturated rings. The summed E-state index contributed by atoms with van der Waals surface area (Å²) in [6.45, 7) is 2.40. The summed E-state index contributed by atoms with van der Waals surface area (Å²) in [5, 5.41) is 0. The van der Waals surface area contributed by atoms with E-state index in [1.54, 1.807) is 22.3 Å². The molecular formula is C14H18. The molecule has 0 N–H and O–H groups in total. The van der Waals surface area contributed by atoms with Gasteiger partial charge < -0.3 is 0 Å². The van der Waals surface area contributed by atoms with Gasteiger partial charge in [-0.25, -0.2) is 0 Å². The Bertz CT molecular complexity index is 363. The van der Waals surface area contributed by atoms with E-state index in [9.17, 15) is 0 Å². The summed E-state index contributed by atoms with van der Waals surface area (Å²) in [5.74, 6) is 0.832. The number of rotatable bonds is 0. The summed E-state index contributed by atoms with van der Waals surface area (Å²) < 4.78 is 0. The standard InChI is InChI=1S/C14H18/c1-10-6-7-12-9-8-11-4-2-3-5-13(11)14(10)12/h8-10H,2-7H2,1H3. The largest absolute Gasteiger partial charge is 0.0585 e. The third-order valence-corrected chi connectivity index (χ3v) is 4.01. The highest BCUT2D eigenvalue weighted by Gasteiger charge is 2.24.